The summed E-state index contributed by atoms with van der Waals surface area (Å²) in [5.74, 6) is -0.723. The van der Waals surface area contributed by atoms with Crippen LogP contribution in [0.15, 0.2) is 71.9 Å². The van der Waals surface area contributed by atoms with E-state index in [1.165, 1.54) is 37.3 Å². The molecule has 2 heterocycles. The number of nitrogens with zero attached hydrogens (tertiary/aromatic N) is 2. The van der Waals surface area contributed by atoms with Gasteiger partial charge in [0.05, 0.1) is 16.8 Å². The minimum atomic E-state index is -4.08. The lowest BCUT2D eigenvalue weighted by molar-refractivity contribution is -0.136. The van der Waals surface area contributed by atoms with Crippen LogP contribution in [-0.2, 0) is 21.2 Å². The van der Waals surface area contributed by atoms with Crippen molar-refractivity contribution < 1.29 is 27.4 Å². The highest BCUT2D eigenvalue weighted by Crippen LogP contribution is 2.32. The lowest BCUT2D eigenvalue weighted by atomic mass is 10.1. The van der Waals surface area contributed by atoms with Gasteiger partial charge in [0.2, 0.25) is 0 Å². The Bertz CT molecular complexity index is 1380. The molecule has 2 aromatic heterocycles. The first kappa shape index (κ1) is 20.5. The summed E-state index contributed by atoms with van der Waals surface area (Å²) in [4.78, 5) is 15.2. The number of hydrogen-bond donors (Lipinski definition) is 1. The fraction of sp³-hybridized carbons (Fsp3) is 0.0909. The van der Waals surface area contributed by atoms with Crippen LogP contribution in [0.3, 0.4) is 0 Å². The number of carbonyl (C=O) groups is 1. The minimum Gasteiger partial charge on any atom is -0.481 e. The van der Waals surface area contributed by atoms with Crippen molar-refractivity contribution in [2.45, 2.75) is 18.2 Å². The standard InChI is InChI=1S/C22H17FN2O5S/c1-14-19(13-22(26)27)20-12-15(23)2-7-21(20)25(14)31(28,29)18-5-3-16(4-6-18)30-17-8-10-24-11-9-17/h2-12H,13H2,1H3,(H,26,27). The third kappa shape index (κ3) is 3.87. The van der Waals surface area contributed by atoms with Crippen LogP contribution >= 0.6 is 0 Å². The fourth-order valence-corrected chi connectivity index (χ4v) is 5.02. The van der Waals surface area contributed by atoms with E-state index in [2.05, 4.69) is 4.98 Å². The SMILES string of the molecule is Cc1c(CC(=O)O)c2cc(F)ccc2n1S(=O)(=O)c1ccc(Oc2ccncc2)cc1. The Kier molecular flexibility index (Phi) is 5.20. The van der Waals surface area contributed by atoms with Gasteiger partial charge >= 0.3 is 5.97 Å². The zero-order chi connectivity index (χ0) is 22.2. The van der Waals surface area contributed by atoms with Crippen LogP contribution in [0.2, 0.25) is 0 Å². The van der Waals surface area contributed by atoms with E-state index in [1.54, 1.807) is 24.5 Å². The maximum Gasteiger partial charge on any atom is 0.307 e. The molecular formula is C22H17FN2O5S. The van der Waals surface area contributed by atoms with E-state index in [0.29, 0.717) is 11.5 Å². The number of rotatable bonds is 6. The summed E-state index contributed by atoms with van der Waals surface area (Å²) in [5, 5.41) is 9.48. The van der Waals surface area contributed by atoms with Gasteiger partial charge in [0.1, 0.15) is 17.3 Å². The normalized spacial score (nSPS) is 11.5. The first-order valence-electron chi connectivity index (χ1n) is 9.22. The summed E-state index contributed by atoms with van der Waals surface area (Å²) in [6, 6.07) is 12.8. The number of hydrogen-bond acceptors (Lipinski definition) is 5. The van der Waals surface area contributed by atoms with E-state index in [4.69, 9.17) is 4.74 Å². The molecule has 31 heavy (non-hydrogen) atoms. The molecule has 0 fully saturated rings. The van der Waals surface area contributed by atoms with Crippen molar-refractivity contribution in [2.75, 3.05) is 0 Å². The molecule has 0 atom stereocenters. The van der Waals surface area contributed by atoms with Crippen LogP contribution < -0.4 is 4.74 Å². The number of aromatic nitrogens is 2. The summed E-state index contributed by atoms with van der Waals surface area (Å²) in [7, 11) is -4.08. The molecule has 0 radical (unpaired) electrons. The van der Waals surface area contributed by atoms with Gasteiger partial charge in [-0.3, -0.25) is 9.78 Å². The minimum absolute atomic E-state index is 0.0132. The summed E-state index contributed by atoms with van der Waals surface area (Å²) in [5.41, 5.74) is 0.690. The van der Waals surface area contributed by atoms with Crippen LogP contribution in [0, 0.1) is 12.7 Å². The lowest BCUT2D eigenvalue weighted by Crippen LogP contribution is -2.15. The Hall–Kier alpha value is -3.72. The highest BCUT2D eigenvalue weighted by Gasteiger charge is 2.26. The second kappa shape index (κ2) is 7.84. The van der Waals surface area contributed by atoms with Crippen LogP contribution in [0.25, 0.3) is 10.9 Å². The number of fused-ring (bicyclic) bond motifs is 1. The largest absolute Gasteiger partial charge is 0.481 e. The van der Waals surface area contributed by atoms with E-state index < -0.39 is 28.2 Å². The number of aliphatic carboxylic acids is 1. The molecule has 0 bridgehead atoms. The molecule has 0 saturated carbocycles. The zero-order valence-electron chi connectivity index (χ0n) is 16.3. The van der Waals surface area contributed by atoms with Crippen molar-refractivity contribution >= 4 is 26.9 Å². The van der Waals surface area contributed by atoms with Gasteiger partial charge in [0.25, 0.3) is 10.0 Å². The molecule has 0 aliphatic carbocycles. The second-order valence-electron chi connectivity index (χ2n) is 6.82. The Balaban J connectivity index is 1.78. The molecule has 158 valence electrons. The van der Waals surface area contributed by atoms with Crippen molar-refractivity contribution in [1.82, 2.24) is 8.96 Å². The zero-order valence-corrected chi connectivity index (χ0v) is 17.1. The highest BCUT2D eigenvalue weighted by atomic mass is 32.2. The molecule has 0 amide bonds. The van der Waals surface area contributed by atoms with Crippen LogP contribution in [0.4, 0.5) is 4.39 Å². The summed E-state index contributed by atoms with van der Waals surface area (Å²) < 4.78 is 47.3. The van der Waals surface area contributed by atoms with Gasteiger partial charge in [-0.05, 0) is 67.1 Å². The number of halogens is 1. The van der Waals surface area contributed by atoms with Gasteiger partial charge in [-0.2, -0.15) is 0 Å². The van der Waals surface area contributed by atoms with Crippen LogP contribution in [0.5, 0.6) is 11.5 Å². The molecule has 4 rings (SSSR count). The molecule has 7 nitrogen and oxygen atoms in total. The summed E-state index contributed by atoms with van der Waals surface area (Å²) in [6.07, 6.45) is 2.73. The smallest absolute Gasteiger partial charge is 0.307 e. The van der Waals surface area contributed by atoms with E-state index in [-0.39, 0.29) is 27.1 Å². The number of carboxylic acids is 1. The average molecular weight is 440 g/mol. The number of ether oxygens (including phenoxy) is 1. The molecule has 2 aromatic carbocycles. The van der Waals surface area contributed by atoms with E-state index in [1.807, 2.05) is 0 Å². The fourth-order valence-electron chi connectivity index (χ4n) is 3.44. The maximum absolute atomic E-state index is 13.8. The Morgan fingerprint density at radius 2 is 1.71 bits per heavy atom. The van der Waals surface area contributed by atoms with Gasteiger partial charge in [-0.1, -0.05) is 0 Å². The van der Waals surface area contributed by atoms with Crippen LogP contribution in [0.1, 0.15) is 11.3 Å². The number of benzene rings is 2. The van der Waals surface area contributed by atoms with Crippen molar-refractivity contribution in [2.24, 2.45) is 0 Å². The van der Waals surface area contributed by atoms with Crippen molar-refractivity contribution in [3.63, 3.8) is 0 Å². The number of carboxylic acid groups (broad SMARTS) is 1. The third-order valence-corrected chi connectivity index (χ3v) is 6.64. The third-order valence-electron chi connectivity index (χ3n) is 4.82. The van der Waals surface area contributed by atoms with E-state index in [9.17, 15) is 22.7 Å². The molecule has 0 aliphatic rings. The maximum atomic E-state index is 13.8. The van der Waals surface area contributed by atoms with Gasteiger partial charge in [0.15, 0.2) is 0 Å². The van der Waals surface area contributed by atoms with Crippen molar-refractivity contribution in [3.05, 3.63) is 84.1 Å². The van der Waals surface area contributed by atoms with Gasteiger partial charge in [-0.15, -0.1) is 0 Å². The summed E-state index contributed by atoms with van der Waals surface area (Å²) in [6.45, 7) is 1.51. The first-order chi connectivity index (χ1) is 14.8. The molecule has 1 N–H and O–H groups in total. The monoisotopic (exact) mass is 440 g/mol. The Morgan fingerprint density at radius 1 is 1.06 bits per heavy atom. The molecule has 4 aromatic rings. The van der Waals surface area contributed by atoms with E-state index in [0.717, 1.165) is 16.1 Å². The Labute approximate surface area is 177 Å². The molecule has 0 spiro atoms. The molecule has 0 unspecified atom stereocenters. The van der Waals surface area contributed by atoms with E-state index >= 15 is 0 Å². The second-order valence-corrected chi connectivity index (χ2v) is 8.61. The Morgan fingerprint density at radius 3 is 2.35 bits per heavy atom. The van der Waals surface area contributed by atoms with Gasteiger partial charge in [-0.25, -0.2) is 16.8 Å². The average Bonchev–Trinajstić information content (AvgIpc) is 3.00. The molecular weight excluding hydrogens is 423 g/mol. The predicted molar refractivity (Wildman–Crippen MR) is 111 cm³/mol. The molecule has 9 heteroatoms. The van der Waals surface area contributed by atoms with Gasteiger partial charge in [0, 0.05) is 23.5 Å². The molecule has 0 saturated heterocycles. The van der Waals surface area contributed by atoms with Crippen molar-refractivity contribution in [1.29, 1.82) is 0 Å². The van der Waals surface area contributed by atoms with Gasteiger partial charge < -0.3 is 9.84 Å². The van der Waals surface area contributed by atoms with Crippen LogP contribution in [-0.4, -0.2) is 28.5 Å². The summed E-state index contributed by atoms with van der Waals surface area (Å²) >= 11 is 0. The predicted octanol–water partition coefficient (Wildman–Crippen LogP) is 4.14. The lowest BCUT2D eigenvalue weighted by Gasteiger charge is -2.11. The quantitative estimate of drug-likeness (QED) is 0.484. The first-order valence-corrected chi connectivity index (χ1v) is 10.7. The number of pyridine rings is 1. The topological polar surface area (TPSA) is 98.5 Å². The highest BCUT2D eigenvalue weighted by molar-refractivity contribution is 7.90. The molecule has 0 aliphatic heterocycles. The van der Waals surface area contributed by atoms with Crippen molar-refractivity contribution in [3.8, 4) is 11.5 Å².